The van der Waals surface area contributed by atoms with E-state index in [0.717, 1.165) is 12.8 Å². The summed E-state index contributed by atoms with van der Waals surface area (Å²) in [5, 5.41) is 3.11. The molecule has 100 valence electrons. The third-order valence-corrected chi connectivity index (χ3v) is 2.81. The third kappa shape index (κ3) is 4.02. The molecular weight excluding hydrogens is 233 g/mol. The van der Waals surface area contributed by atoms with E-state index in [1.54, 1.807) is 0 Å². The average molecular weight is 253 g/mol. The number of benzene rings is 1. The maximum Gasteiger partial charge on any atom is 0.339 e. The first-order valence-corrected chi connectivity index (χ1v) is 6.20. The van der Waals surface area contributed by atoms with Crippen molar-refractivity contribution in [2.45, 2.75) is 26.7 Å². The van der Waals surface area contributed by atoms with Crippen molar-refractivity contribution >= 4 is 11.7 Å². The molecule has 0 spiro atoms. The van der Waals surface area contributed by atoms with E-state index < -0.39 is 5.97 Å². The second-order valence-corrected chi connectivity index (χ2v) is 4.46. The van der Waals surface area contributed by atoms with Gasteiger partial charge in [-0.05, 0) is 30.5 Å². The first kappa shape index (κ1) is 14.5. The van der Waals surface area contributed by atoms with Gasteiger partial charge in [0, 0.05) is 6.54 Å². The lowest BCUT2D eigenvalue weighted by molar-refractivity contribution is 0.0601. The predicted octanol–water partition coefficient (Wildman–Crippen LogP) is 3.46. The molecule has 18 heavy (non-hydrogen) atoms. The number of carbonyl (C=O) groups excluding carboxylic acids is 1. The molecule has 0 aromatic heterocycles. The number of hydrogen-bond acceptors (Lipinski definition) is 3. The molecule has 0 saturated heterocycles. The molecule has 0 aliphatic carbocycles. The summed E-state index contributed by atoms with van der Waals surface area (Å²) in [6.45, 7) is 4.95. The fraction of sp³-hybridized carbons (Fsp3) is 0.500. The SMILES string of the molecule is CCCC(C)CNc1cc(F)ccc1C(=O)OC. The number of esters is 1. The second-order valence-electron chi connectivity index (χ2n) is 4.46. The minimum Gasteiger partial charge on any atom is -0.465 e. The summed E-state index contributed by atoms with van der Waals surface area (Å²) in [7, 11) is 1.31. The maximum absolute atomic E-state index is 13.2. The largest absolute Gasteiger partial charge is 0.465 e. The predicted molar refractivity (Wildman–Crippen MR) is 70.3 cm³/mol. The van der Waals surface area contributed by atoms with Crippen molar-refractivity contribution in [3.05, 3.63) is 29.6 Å². The Balaban J connectivity index is 2.79. The van der Waals surface area contributed by atoms with Crippen molar-refractivity contribution < 1.29 is 13.9 Å². The van der Waals surface area contributed by atoms with E-state index in [1.807, 2.05) is 0 Å². The van der Waals surface area contributed by atoms with Crippen LogP contribution in [0.4, 0.5) is 10.1 Å². The Morgan fingerprint density at radius 3 is 2.83 bits per heavy atom. The average Bonchev–Trinajstić information content (AvgIpc) is 2.36. The van der Waals surface area contributed by atoms with Gasteiger partial charge in [-0.3, -0.25) is 0 Å². The Morgan fingerprint density at radius 2 is 2.22 bits per heavy atom. The zero-order valence-electron chi connectivity index (χ0n) is 11.1. The van der Waals surface area contributed by atoms with E-state index >= 15 is 0 Å². The number of hydrogen-bond donors (Lipinski definition) is 1. The summed E-state index contributed by atoms with van der Waals surface area (Å²) in [5.41, 5.74) is 0.854. The summed E-state index contributed by atoms with van der Waals surface area (Å²) < 4.78 is 17.9. The van der Waals surface area contributed by atoms with Gasteiger partial charge in [0.1, 0.15) is 5.82 Å². The molecule has 0 bridgehead atoms. The van der Waals surface area contributed by atoms with Crippen LogP contribution in [-0.2, 0) is 4.74 Å². The third-order valence-electron chi connectivity index (χ3n) is 2.81. The van der Waals surface area contributed by atoms with Gasteiger partial charge in [-0.15, -0.1) is 0 Å². The molecule has 0 saturated carbocycles. The molecule has 0 aliphatic rings. The number of carbonyl (C=O) groups is 1. The molecule has 0 amide bonds. The highest BCUT2D eigenvalue weighted by atomic mass is 19.1. The standard InChI is InChI=1S/C14H20FNO2/c1-4-5-10(2)9-16-13-8-11(15)6-7-12(13)14(17)18-3/h6-8,10,16H,4-5,9H2,1-3H3. The molecular formula is C14H20FNO2. The van der Waals surface area contributed by atoms with Crippen LogP contribution in [0.25, 0.3) is 0 Å². The monoisotopic (exact) mass is 253 g/mol. The second kappa shape index (κ2) is 6.99. The van der Waals surface area contributed by atoms with Crippen molar-refractivity contribution in [1.29, 1.82) is 0 Å². The minimum absolute atomic E-state index is 0.364. The zero-order valence-corrected chi connectivity index (χ0v) is 11.1. The number of anilines is 1. The van der Waals surface area contributed by atoms with Crippen LogP contribution in [0.2, 0.25) is 0 Å². The molecule has 1 N–H and O–H groups in total. The number of methoxy groups -OCH3 is 1. The fourth-order valence-corrected chi connectivity index (χ4v) is 1.83. The van der Waals surface area contributed by atoms with Crippen LogP contribution in [-0.4, -0.2) is 19.6 Å². The van der Waals surface area contributed by atoms with Crippen LogP contribution >= 0.6 is 0 Å². The summed E-state index contributed by atoms with van der Waals surface area (Å²) in [6.07, 6.45) is 2.20. The van der Waals surface area contributed by atoms with Gasteiger partial charge in [0.2, 0.25) is 0 Å². The Kier molecular flexibility index (Phi) is 5.62. The smallest absolute Gasteiger partial charge is 0.339 e. The van der Waals surface area contributed by atoms with E-state index in [0.29, 0.717) is 23.7 Å². The quantitative estimate of drug-likeness (QED) is 0.789. The van der Waals surface area contributed by atoms with Gasteiger partial charge in [-0.25, -0.2) is 9.18 Å². The van der Waals surface area contributed by atoms with Gasteiger partial charge in [0.25, 0.3) is 0 Å². The molecule has 1 unspecified atom stereocenters. The molecule has 0 fully saturated rings. The van der Waals surface area contributed by atoms with Crippen molar-refractivity contribution in [3.8, 4) is 0 Å². The van der Waals surface area contributed by atoms with Crippen molar-refractivity contribution in [2.75, 3.05) is 19.0 Å². The molecule has 1 aromatic carbocycles. The summed E-state index contributed by atoms with van der Waals surface area (Å²) in [5.74, 6) is -0.349. The normalized spacial score (nSPS) is 12.0. The van der Waals surface area contributed by atoms with Crippen LogP contribution in [0.5, 0.6) is 0 Å². The lowest BCUT2D eigenvalue weighted by Crippen LogP contribution is -2.14. The van der Waals surface area contributed by atoms with Gasteiger partial charge in [-0.2, -0.15) is 0 Å². The molecule has 1 rings (SSSR count). The van der Waals surface area contributed by atoms with Gasteiger partial charge < -0.3 is 10.1 Å². The highest BCUT2D eigenvalue weighted by molar-refractivity contribution is 5.95. The lowest BCUT2D eigenvalue weighted by atomic mass is 10.1. The van der Waals surface area contributed by atoms with E-state index in [-0.39, 0.29) is 5.82 Å². The summed E-state index contributed by atoms with van der Waals surface area (Å²) in [4.78, 5) is 11.5. The Bertz CT molecular complexity index is 407. The van der Waals surface area contributed by atoms with Gasteiger partial charge in [0.15, 0.2) is 0 Å². The van der Waals surface area contributed by atoms with Crippen LogP contribution < -0.4 is 5.32 Å². The summed E-state index contributed by atoms with van der Waals surface area (Å²) >= 11 is 0. The van der Waals surface area contributed by atoms with E-state index in [1.165, 1.54) is 25.3 Å². The molecule has 0 heterocycles. The maximum atomic E-state index is 13.2. The molecule has 0 aliphatic heterocycles. The molecule has 0 radical (unpaired) electrons. The topological polar surface area (TPSA) is 38.3 Å². The molecule has 4 heteroatoms. The van der Waals surface area contributed by atoms with Crippen LogP contribution in [0.15, 0.2) is 18.2 Å². The van der Waals surface area contributed by atoms with Crippen molar-refractivity contribution in [1.82, 2.24) is 0 Å². The van der Waals surface area contributed by atoms with Gasteiger partial charge in [-0.1, -0.05) is 20.3 Å². The first-order chi connectivity index (χ1) is 8.58. The zero-order chi connectivity index (χ0) is 13.5. The number of nitrogens with one attached hydrogen (secondary N) is 1. The van der Waals surface area contributed by atoms with E-state index in [9.17, 15) is 9.18 Å². The minimum atomic E-state index is -0.458. The molecule has 1 atom stereocenters. The van der Waals surface area contributed by atoms with E-state index in [4.69, 9.17) is 0 Å². The Morgan fingerprint density at radius 1 is 1.50 bits per heavy atom. The van der Waals surface area contributed by atoms with Gasteiger partial charge >= 0.3 is 5.97 Å². The Hall–Kier alpha value is -1.58. The van der Waals surface area contributed by atoms with Crippen molar-refractivity contribution in [2.24, 2.45) is 5.92 Å². The highest BCUT2D eigenvalue weighted by Gasteiger charge is 2.13. The van der Waals surface area contributed by atoms with E-state index in [2.05, 4.69) is 23.9 Å². The van der Waals surface area contributed by atoms with Crippen molar-refractivity contribution in [3.63, 3.8) is 0 Å². The summed E-state index contributed by atoms with van der Waals surface area (Å²) in [6, 6.07) is 4.02. The van der Waals surface area contributed by atoms with Crippen LogP contribution in [0.1, 0.15) is 37.0 Å². The first-order valence-electron chi connectivity index (χ1n) is 6.20. The highest BCUT2D eigenvalue weighted by Crippen LogP contribution is 2.19. The number of halogens is 1. The van der Waals surface area contributed by atoms with Gasteiger partial charge in [0.05, 0.1) is 18.4 Å². The van der Waals surface area contributed by atoms with Crippen LogP contribution in [0.3, 0.4) is 0 Å². The number of rotatable bonds is 6. The molecule has 1 aromatic rings. The van der Waals surface area contributed by atoms with Crippen LogP contribution in [0, 0.1) is 11.7 Å². The number of ether oxygens (including phenoxy) is 1. The fourth-order valence-electron chi connectivity index (χ4n) is 1.83. The molecule has 3 nitrogen and oxygen atoms in total. The Labute approximate surface area is 107 Å². The lowest BCUT2D eigenvalue weighted by Gasteiger charge is -2.15.